The van der Waals surface area contributed by atoms with Crippen LogP contribution in [0, 0.1) is 0 Å². The molecule has 0 amide bonds. The maximum atomic E-state index is 11.6. The van der Waals surface area contributed by atoms with Gasteiger partial charge in [0.1, 0.15) is 11.5 Å². The third kappa shape index (κ3) is 4.25. The monoisotopic (exact) mass is 310 g/mol. The molecule has 0 radical (unpaired) electrons. The Labute approximate surface area is 128 Å². The molecule has 2 N–H and O–H groups in total. The van der Waals surface area contributed by atoms with Crippen LogP contribution in [0.5, 0.6) is 0 Å². The molecule has 0 spiro atoms. The topological polar surface area (TPSA) is 75.8 Å². The zero-order chi connectivity index (χ0) is 15.4. The predicted molar refractivity (Wildman–Crippen MR) is 83.5 cm³/mol. The molecule has 21 heavy (non-hydrogen) atoms. The maximum Gasteiger partial charge on any atom is 0.344 e. The summed E-state index contributed by atoms with van der Waals surface area (Å²) in [6.07, 6.45) is 0. The highest BCUT2D eigenvalue weighted by Crippen LogP contribution is 2.22. The Morgan fingerprint density at radius 3 is 2.71 bits per heavy atom. The lowest BCUT2D eigenvalue weighted by atomic mass is 10.3. The molecule has 0 saturated carbocycles. The highest BCUT2D eigenvalue weighted by atomic mass is 32.2. The highest BCUT2D eigenvalue weighted by Gasteiger charge is 2.13. The zero-order valence-corrected chi connectivity index (χ0v) is 13.7. The number of hydrogen-bond donors (Lipinski definition) is 2. The van der Waals surface area contributed by atoms with Crippen LogP contribution in [0.2, 0.25) is 0 Å². The van der Waals surface area contributed by atoms with E-state index in [0.717, 1.165) is 18.1 Å². The molecule has 2 aromatic rings. The van der Waals surface area contributed by atoms with E-state index >= 15 is 0 Å². The number of aromatic nitrogens is 3. The number of aromatic amines is 1. The van der Waals surface area contributed by atoms with Crippen molar-refractivity contribution >= 4 is 11.8 Å². The molecule has 6 nitrogen and oxygen atoms in total. The van der Waals surface area contributed by atoms with Gasteiger partial charge >= 0.3 is 5.69 Å². The molecule has 0 saturated heterocycles. The van der Waals surface area contributed by atoms with Crippen LogP contribution in [0.15, 0.2) is 26.5 Å². The van der Waals surface area contributed by atoms with Crippen LogP contribution in [0.4, 0.5) is 0 Å². The Hall–Kier alpha value is -1.47. The fourth-order valence-corrected chi connectivity index (χ4v) is 2.85. The predicted octanol–water partition coefficient (Wildman–Crippen LogP) is 2.54. The quantitative estimate of drug-likeness (QED) is 0.769. The summed E-state index contributed by atoms with van der Waals surface area (Å²) in [6.45, 7) is 8.85. The van der Waals surface area contributed by atoms with Gasteiger partial charge < -0.3 is 9.73 Å². The molecule has 2 aromatic heterocycles. The summed E-state index contributed by atoms with van der Waals surface area (Å²) in [4.78, 5) is 11.6. The Morgan fingerprint density at radius 1 is 1.33 bits per heavy atom. The molecule has 2 rings (SSSR count). The van der Waals surface area contributed by atoms with Gasteiger partial charge in [0.05, 0.1) is 12.3 Å². The van der Waals surface area contributed by atoms with E-state index in [9.17, 15) is 4.79 Å². The second-order valence-corrected chi connectivity index (χ2v) is 6.41. The van der Waals surface area contributed by atoms with Crippen molar-refractivity contribution in [3.8, 4) is 0 Å². The summed E-state index contributed by atoms with van der Waals surface area (Å²) in [5.41, 5.74) is -0.172. The molecule has 116 valence electrons. The first-order chi connectivity index (χ1) is 9.97. The largest absolute Gasteiger partial charge is 0.464 e. The molecule has 2 heterocycles. The Morgan fingerprint density at radius 2 is 2.05 bits per heavy atom. The van der Waals surface area contributed by atoms with Gasteiger partial charge in [-0.25, -0.2) is 9.89 Å². The van der Waals surface area contributed by atoms with Crippen molar-refractivity contribution in [1.82, 2.24) is 20.1 Å². The minimum Gasteiger partial charge on any atom is -0.464 e. The first-order valence-corrected chi connectivity index (χ1v) is 8.06. The van der Waals surface area contributed by atoms with Gasteiger partial charge in [0.15, 0.2) is 5.16 Å². The molecule has 0 fully saturated rings. The lowest BCUT2D eigenvalue weighted by Crippen LogP contribution is -2.21. The Balaban J connectivity index is 1.96. The number of H-pyrrole nitrogens is 1. The smallest absolute Gasteiger partial charge is 0.344 e. The van der Waals surface area contributed by atoms with Crippen LogP contribution >= 0.6 is 11.8 Å². The van der Waals surface area contributed by atoms with Crippen LogP contribution in [-0.2, 0) is 12.3 Å². The van der Waals surface area contributed by atoms with E-state index in [0.29, 0.717) is 17.0 Å². The molecule has 0 bridgehead atoms. The molecule has 0 aliphatic heterocycles. The summed E-state index contributed by atoms with van der Waals surface area (Å²) < 4.78 is 7.40. The standard InChI is InChI=1S/C14H22N4O2S/c1-9(2)15-7-11-5-6-12(20-11)8-21-14-17-16-13(19)18(14)10(3)4/h5-6,9-10,15H,7-8H2,1-4H3,(H,16,19). The Bertz CT molecular complexity index is 627. The van der Waals surface area contributed by atoms with Crippen LogP contribution in [0.3, 0.4) is 0 Å². The summed E-state index contributed by atoms with van der Waals surface area (Å²) >= 11 is 1.49. The van der Waals surface area contributed by atoms with E-state index in [1.54, 1.807) is 4.57 Å². The molecular weight excluding hydrogens is 288 g/mol. The van der Waals surface area contributed by atoms with E-state index in [2.05, 4.69) is 29.4 Å². The Kier molecular flexibility index (Phi) is 5.30. The van der Waals surface area contributed by atoms with Crippen molar-refractivity contribution in [3.63, 3.8) is 0 Å². The lowest BCUT2D eigenvalue weighted by molar-refractivity contribution is 0.445. The average Bonchev–Trinajstić information content (AvgIpc) is 3.00. The maximum absolute atomic E-state index is 11.6. The van der Waals surface area contributed by atoms with E-state index in [1.165, 1.54) is 11.8 Å². The van der Waals surface area contributed by atoms with Crippen molar-refractivity contribution in [1.29, 1.82) is 0 Å². The minimum atomic E-state index is -0.172. The third-order valence-corrected chi connectivity index (χ3v) is 3.91. The fourth-order valence-electron chi connectivity index (χ4n) is 1.88. The highest BCUT2D eigenvalue weighted by molar-refractivity contribution is 7.98. The van der Waals surface area contributed by atoms with Crippen LogP contribution in [0.25, 0.3) is 0 Å². The normalized spacial score (nSPS) is 11.7. The second kappa shape index (κ2) is 7.00. The van der Waals surface area contributed by atoms with Crippen molar-refractivity contribution < 1.29 is 4.42 Å². The van der Waals surface area contributed by atoms with Gasteiger partial charge in [0.2, 0.25) is 0 Å². The van der Waals surface area contributed by atoms with Gasteiger partial charge in [-0.15, -0.1) is 5.10 Å². The molecule has 0 aromatic carbocycles. The van der Waals surface area contributed by atoms with E-state index in [-0.39, 0.29) is 11.7 Å². The first kappa shape index (κ1) is 15.9. The lowest BCUT2D eigenvalue weighted by Gasteiger charge is -2.07. The average molecular weight is 310 g/mol. The van der Waals surface area contributed by atoms with Gasteiger partial charge in [0.25, 0.3) is 0 Å². The van der Waals surface area contributed by atoms with Gasteiger partial charge in [-0.3, -0.25) is 4.57 Å². The van der Waals surface area contributed by atoms with Crippen molar-refractivity contribution in [2.24, 2.45) is 0 Å². The van der Waals surface area contributed by atoms with Crippen LogP contribution in [0.1, 0.15) is 45.3 Å². The molecule has 0 aliphatic rings. The number of nitrogens with one attached hydrogen (secondary N) is 2. The minimum absolute atomic E-state index is 0.0844. The van der Waals surface area contributed by atoms with E-state index in [1.807, 2.05) is 26.0 Å². The third-order valence-electron chi connectivity index (χ3n) is 2.93. The number of rotatable bonds is 7. The number of furan rings is 1. The van der Waals surface area contributed by atoms with Crippen LogP contribution in [-0.4, -0.2) is 20.8 Å². The molecule has 0 atom stereocenters. The molecule has 0 unspecified atom stereocenters. The van der Waals surface area contributed by atoms with E-state index < -0.39 is 0 Å². The fraction of sp³-hybridized carbons (Fsp3) is 0.571. The van der Waals surface area contributed by atoms with E-state index in [4.69, 9.17) is 4.42 Å². The number of nitrogens with zero attached hydrogens (tertiary/aromatic N) is 2. The van der Waals surface area contributed by atoms with Gasteiger partial charge in [0, 0.05) is 12.1 Å². The summed E-state index contributed by atoms with van der Waals surface area (Å²) in [6, 6.07) is 4.46. The summed E-state index contributed by atoms with van der Waals surface area (Å²) in [5, 5.41) is 10.5. The van der Waals surface area contributed by atoms with Crippen molar-refractivity contribution in [2.45, 2.75) is 57.2 Å². The number of thioether (sulfide) groups is 1. The zero-order valence-electron chi connectivity index (χ0n) is 12.8. The molecule has 7 heteroatoms. The SMILES string of the molecule is CC(C)NCc1ccc(CSc2n[nH]c(=O)n2C(C)C)o1. The van der Waals surface area contributed by atoms with Gasteiger partial charge in [-0.1, -0.05) is 25.6 Å². The van der Waals surface area contributed by atoms with Crippen molar-refractivity contribution in [2.75, 3.05) is 0 Å². The molecular formula is C14H22N4O2S. The number of hydrogen-bond acceptors (Lipinski definition) is 5. The summed E-state index contributed by atoms with van der Waals surface area (Å²) in [7, 11) is 0. The van der Waals surface area contributed by atoms with Crippen molar-refractivity contribution in [3.05, 3.63) is 34.1 Å². The first-order valence-electron chi connectivity index (χ1n) is 7.08. The summed E-state index contributed by atoms with van der Waals surface area (Å²) in [5.74, 6) is 2.45. The second-order valence-electron chi connectivity index (χ2n) is 5.47. The van der Waals surface area contributed by atoms with Gasteiger partial charge in [-0.2, -0.15) is 0 Å². The van der Waals surface area contributed by atoms with Crippen LogP contribution < -0.4 is 11.0 Å². The van der Waals surface area contributed by atoms with Gasteiger partial charge in [-0.05, 0) is 26.0 Å². The molecule has 0 aliphatic carbocycles.